The Labute approximate surface area is 139 Å². The maximum atomic E-state index is 13.9. The summed E-state index contributed by atoms with van der Waals surface area (Å²) in [4.78, 5) is 8.42. The molecule has 0 bridgehead atoms. The minimum Gasteiger partial charge on any atom is -0.256 e. The summed E-state index contributed by atoms with van der Waals surface area (Å²) in [7, 11) is -4.02. The summed E-state index contributed by atoms with van der Waals surface area (Å²) in [5.74, 6) is -0.703. The van der Waals surface area contributed by atoms with Gasteiger partial charge in [0.2, 0.25) is 10.0 Å². The van der Waals surface area contributed by atoms with Crippen molar-refractivity contribution in [1.29, 1.82) is 0 Å². The first-order valence-corrected chi connectivity index (χ1v) is 8.62. The number of aryl methyl sites for hydroxylation is 1. The average Bonchev–Trinajstić information content (AvgIpc) is 2.53. The molecule has 0 radical (unpaired) electrons. The van der Waals surface area contributed by atoms with E-state index in [1.165, 1.54) is 12.1 Å². The van der Waals surface area contributed by atoms with Gasteiger partial charge in [0.25, 0.3) is 0 Å². The first-order chi connectivity index (χ1) is 11.3. The molecule has 2 heterocycles. The van der Waals surface area contributed by atoms with Crippen molar-refractivity contribution in [3.8, 4) is 22.5 Å². The zero-order valence-electron chi connectivity index (χ0n) is 12.8. The minimum absolute atomic E-state index is 0.300. The van der Waals surface area contributed by atoms with E-state index in [2.05, 4.69) is 9.97 Å². The number of aromatic nitrogens is 2. The number of hydrogen-bond donors (Lipinski definition) is 1. The lowest BCUT2D eigenvalue weighted by Crippen LogP contribution is -2.12. The predicted molar refractivity (Wildman–Crippen MR) is 89.0 cm³/mol. The molecule has 0 aliphatic heterocycles. The van der Waals surface area contributed by atoms with E-state index in [0.717, 1.165) is 11.8 Å². The molecule has 1 aromatic carbocycles. The van der Waals surface area contributed by atoms with Gasteiger partial charge in [0, 0.05) is 23.0 Å². The summed E-state index contributed by atoms with van der Waals surface area (Å²) in [6.07, 6.45) is 1.55. The Morgan fingerprint density at radius 1 is 1.08 bits per heavy atom. The van der Waals surface area contributed by atoms with Crippen LogP contribution in [0, 0.1) is 12.7 Å². The van der Waals surface area contributed by atoms with Crippen LogP contribution in [0.3, 0.4) is 0 Å². The van der Waals surface area contributed by atoms with Crippen molar-refractivity contribution in [3.63, 3.8) is 0 Å². The molecular formula is C17H14FN3O2S. The Morgan fingerprint density at radius 2 is 1.88 bits per heavy atom. The summed E-state index contributed by atoms with van der Waals surface area (Å²) in [5.41, 5.74) is 2.91. The van der Waals surface area contributed by atoms with Crippen molar-refractivity contribution in [2.45, 2.75) is 11.8 Å². The molecule has 0 spiro atoms. The molecule has 0 saturated carbocycles. The standard InChI is InChI=1S/C17H14FN3O2S/c1-11-4-2-6-16(21-11)15-5-3-7-20-17(15)12-8-13(18)10-14(9-12)24(19,22)23/h2-10H,1H3,(H2,19,22,23). The predicted octanol–water partition coefficient (Wildman–Crippen LogP) is 2.91. The van der Waals surface area contributed by atoms with Crippen LogP contribution < -0.4 is 5.14 Å². The number of pyridine rings is 2. The van der Waals surface area contributed by atoms with E-state index in [1.807, 2.05) is 25.1 Å². The Kier molecular flexibility index (Phi) is 4.13. The first-order valence-electron chi connectivity index (χ1n) is 7.07. The van der Waals surface area contributed by atoms with Gasteiger partial charge in [-0.15, -0.1) is 0 Å². The van der Waals surface area contributed by atoms with Gasteiger partial charge in [0.15, 0.2) is 0 Å². The van der Waals surface area contributed by atoms with E-state index < -0.39 is 15.8 Å². The molecule has 0 fully saturated rings. The summed E-state index contributed by atoms with van der Waals surface area (Å²) in [6.45, 7) is 1.86. The van der Waals surface area contributed by atoms with Crippen LogP contribution in [-0.2, 0) is 10.0 Å². The van der Waals surface area contributed by atoms with E-state index in [4.69, 9.17) is 5.14 Å². The van der Waals surface area contributed by atoms with Gasteiger partial charge in [0.1, 0.15) is 5.82 Å². The number of sulfonamides is 1. The molecule has 2 N–H and O–H groups in total. The molecule has 122 valence electrons. The second-order valence-electron chi connectivity index (χ2n) is 5.28. The van der Waals surface area contributed by atoms with Gasteiger partial charge < -0.3 is 0 Å². The van der Waals surface area contributed by atoms with Gasteiger partial charge in [0.05, 0.1) is 16.3 Å². The van der Waals surface area contributed by atoms with Crippen molar-refractivity contribution in [2.24, 2.45) is 5.14 Å². The van der Waals surface area contributed by atoms with E-state index in [9.17, 15) is 12.8 Å². The van der Waals surface area contributed by atoms with Crippen molar-refractivity contribution >= 4 is 10.0 Å². The van der Waals surface area contributed by atoms with Crippen molar-refractivity contribution < 1.29 is 12.8 Å². The van der Waals surface area contributed by atoms with Crippen LogP contribution in [0.1, 0.15) is 5.69 Å². The number of nitrogens with zero attached hydrogens (tertiary/aromatic N) is 2. The van der Waals surface area contributed by atoms with Crippen LogP contribution in [0.4, 0.5) is 4.39 Å². The van der Waals surface area contributed by atoms with Crippen LogP contribution in [0.5, 0.6) is 0 Å². The smallest absolute Gasteiger partial charge is 0.238 e. The zero-order valence-corrected chi connectivity index (χ0v) is 13.6. The quantitative estimate of drug-likeness (QED) is 0.792. The van der Waals surface area contributed by atoms with E-state index in [0.29, 0.717) is 22.5 Å². The Hall–Kier alpha value is -2.64. The van der Waals surface area contributed by atoms with Gasteiger partial charge in [-0.25, -0.2) is 17.9 Å². The second kappa shape index (κ2) is 6.10. The first kappa shape index (κ1) is 16.2. The molecule has 0 unspecified atom stereocenters. The Balaban J connectivity index is 2.23. The molecule has 3 aromatic rings. The third-order valence-electron chi connectivity index (χ3n) is 3.45. The fraction of sp³-hybridized carbons (Fsp3) is 0.0588. The number of halogens is 1. The SMILES string of the molecule is Cc1cccc(-c2cccnc2-c2cc(F)cc(S(N)(=O)=O)c2)n1. The highest BCUT2D eigenvalue weighted by Crippen LogP contribution is 2.30. The van der Waals surface area contributed by atoms with E-state index >= 15 is 0 Å². The number of hydrogen-bond acceptors (Lipinski definition) is 4. The van der Waals surface area contributed by atoms with Crippen molar-refractivity contribution in [1.82, 2.24) is 9.97 Å². The summed E-state index contributed by atoms with van der Waals surface area (Å²) >= 11 is 0. The molecule has 24 heavy (non-hydrogen) atoms. The third kappa shape index (κ3) is 3.32. The number of benzene rings is 1. The van der Waals surface area contributed by atoms with Crippen LogP contribution in [0.15, 0.2) is 59.6 Å². The molecule has 3 rings (SSSR count). The van der Waals surface area contributed by atoms with Gasteiger partial charge in [-0.2, -0.15) is 0 Å². The molecule has 0 atom stereocenters. The number of primary sulfonamides is 1. The minimum atomic E-state index is -4.02. The lowest BCUT2D eigenvalue weighted by atomic mass is 10.0. The number of rotatable bonds is 3. The molecule has 0 aliphatic rings. The molecule has 0 amide bonds. The lowest BCUT2D eigenvalue weighted by molar-refractivity contribution is 0.592. The molecule has 0 aliphatic carbocycles. The Morgan fingerprint density at radius 3 is 2.58 bits per heavy atom. The average molecular weight is 343 g/mol. The van der Waals surface area contributed by atoms with Crippen molar-refractivity contribution in [2.75, 3.05) is 0 Å². The molecule has 7 heteroatoms. The lowest BCUT2D eigenvalue weighted by Gasteiger charge is -2.10. The summed E-state index contributed by atoms with van der Waals surface area (Å²) < 4.78 is 37.0. The largest absolute Gasteiger partial charge is 0.256 e. The van der Waals surface area contributed by atoms with Gasteiger partial charge in [-0.1, -0.05) is 6.07 Å². The molecule has 2 aromatic heterocycles. The fourth-order valence-electron chi connectivity index (χ4n) is 2.40. The monoisotopic (exact) mass is 343 g/mol. The van der Waals surface area contributed by atoms with Crippen LogP contribution in [0.2, 0.25) is 0 Å². The van der Waals surface area contributed by atoms with Crippen molar-refractivity contribution in [3.05, 3.63) is 66.2 Å². The normalized spacial score (nSPS) is 11.5. The third-order valence-corrected chi connectivity index (χ3v) is 4.34. The number of nitrogens with two attached hydrogens (primary N) is 1. The van der Waals surface area contributed by atoms with Crippen LogP contribution >= 0.6 is 0 Å². The second-order valence-corrected chi connectivity index (χ2v) is 6.85. The fourth-order valence-corrected chi connectivity index (χ4v) is 2.97. The summed E-state index contributed by atoms with van der Waals surface area (Å²) in [6, 6.07) is 12.5. The maximum absolute atomic E-state index is 13.9. The summed E-state index contributed by atoms with van der Waals surface area (Å²) in [5, 5.41) is 5.11. The zero-order chi connectivity index (χ0) is 17.3. The Bertz CT molecular complexity index is 1020. The molecular weight excluding hydrogens is 329 g/mol. The van der Waals surface area contributed by atoms with Crippen LogP contribution in [-0.4, -0.2) is 18.4 Å². The van der Waals surface area contributed by atoms with Crippen LogP contribution in [0.25, 0.3) is 22.5 Å². The van der Waals surface area contributed by atoms with E-state index in [-0.39, 0.29) is 4.90 Å². The molecule has 0 saturated heterocycles. The topological polar surface area (TPSA) is 85.9 Å². The van der Waals surface area contributed by atoms with Gasteiger partial charge in [-0.05, 0) is 49.4 Å². The maximum Gasteiger partial charge on any atom is 0.238 e. The van der Waals surface area contributed by atoms with Gasteiger partial charge >= 0.3 is 0 Å². The highest BCUT2D eigenvalue weighted by atomic mass is 32.2. The highest BCUT2D eigenvalue weighted by molar-refractivity contribution is 7.89. The molecule has 5 nitrogen and oxygen atoms in total. The highest BCUT2D eigenvalue weighted by Gasteiger charge is 2.15. The van der Waals surface area contributed by atoms with E-state index in [1.54, 1.807) is 18.3 Å². The van der Waals surface area contributed by atoms with Gasteiger partial charge in [-0.3, -0.25) is 9.97 Å².